The van der Waals surface area contributed by atoms with Crippen molar-refractivity contribution in [3.8, 4) is 0 Å². The fourth-order valence-corrected chi connectivity index (χ4v) is 3.37. The molecule has 118 valence electrons. The molecule has 0 bridgehead atoms. The van der Waals surface area contributed by atoms with E-state index in [1.165, 1.54) is 24.3 Å². The van der Waals surface area contributed by atoms with E-state index >= 15 is 0 Å². The monoisotopic (exact) mass is 314 g/mol. The van der Waals surface area contributed by atoms with E-state index in [4.69, 9.17) is 0 Å². The molecule has 0 heterocycles. The third-order valence-electron chi connectivity index (χ3n) is 3.46. The van der Waals surface area contributed by atoms with E-state index in [9.17, 15) is 18.5 Å². The number of hydrogen-bond donors (Lipinski definition) is 1. The van der Waals surface area contributed by atoms with Crippen molar-refractivity contribution in [2.45, 2.75) is 44.4 Å². The molecule has 21 heavy (non-hydrogen) atoms. The molecule has 6 nitrogen and oxygen atoms in total. The number of nitrogens with one attached hydrogen (secondary N) is 1. The van der Waals surface area contributed by atoms with Gasteiger partial charge in [-0.1, -0.05) is 45.2 Å². The predicted octanol–water partition coefficient (Wildman–Crippen LogP) is 3.09. The van der Waals surface area contributed by atoms with Crippen molar-refractivity contribution < 1.29 is 13.3 Å². The van der Waals surface area contributed by atoms with Crippen LogP contribution >= 0.6 is 0 Å². The van der Waals surface area contributed by atoms with Crippen LogP contribution in [-0.4, -0.2) is 19.9 Å². The first-order chi connectivity index (χ1) is 9.92. The van der Waals surface area contributed by atoms with Crippen LogP contribution in [0, 0.1) is 16.0 Å². The zero-order chi connectivity index (χ0) is 15.9. The lowest BCUT2D eigenvalue weighted by atomic mass is 10.00. The molecule has 7 heteroatoms. The maximum absolute atomic E-state index is 12.2. The van der Waals surface area contributed by atoms with E-state index in [1.807, 2.05) is 6.92 Å². The molecule has 0 aliphatic rings. The minimum atomic E-state index is -3.86. The van der Waals surface area contributed by atoms with Gasteiger partial charge in [-0.15, -0.1) is 0 Å². The number of unbranched alkanes of at least 4 members (excludes halogenated alkanes) is 1. The van der Waals surface area contributed by atoms with E-state index in [2.05, 4.69) is 11.6 Å². The molecule has 1 N–H and O–H groups in total. The number of hydrogen-bond acceptors (Lipinski definition) is 4. The summed E-state index contributed by atoms with van der Waals surface area (Å²) in [5.41, 5.74) is -0.397. The Hall–Kier alpha value is -1.47. The molecule has 1 atom stereocenters. The van der Waals surface area contributed by atoms with Crippen molar-refractivity contribution in [3.63, 3.8) is 0 Å². The smallest absolute Gasteiger partial charge is 0.258 e. The highest BCUT2D eigenvalue weighted by Crippen LogP contribution is 2.23. The number of nitrogens with zero attached hydrogens (tertiary/aromatic N) is 1. The maximum Gasteiger partial charge on any atom is 0.289 e. The van der Waals surface area contributed by atoms with Crippen molar-refractivity contribution in [1.82, 2.24) is 4.72 Å². The number of benzene rings is 1. The van der Waals surface area contributed by atoms with E-state index in [0.29, 0.717) is 6.54 Å². The minimum absolute atomic E-state index is 0.252. The Labute approximate surface area is 125 Å². The Kier molecular flexibility index (Phi) is 6.77. The van der Waals surface area contributed by atoms with Crippen molar-refractivity contribution in [1.29, 1.82) is 0 Å². The van der Waals surface area contributed by atoms with Gasteiger partial charge in [0.15, 0.2) is 4.90 Å². The molecule has 0 aliphatic carbocycles. The van der Waals surface area contributed by atoms with Gasteiger partial charge in [-0.05, 0) is 18.4 Å². The van der Waals surface area contributed by atoms with Crippen LogP contribution in [0.15, 0.2) is 29.2 Å². The van der Waals surface area contributed by atoms with Crippen molar-refractivity contribution in [2.75, 3.05) is 6.54 Å². The highest BCUT2D eigenvalue weighted by Gasteiger charge is 2.25. The lowest BCUT2D eigenvalue weighted by molar-refractivity contribution is -0.387. The van der Waals surface area contributed by atoms with Crippen molar-refractivity contribution >= 4 is 15.7 Å². The van der Waals surface area contributed by atoms with Gasteiger partial charge in [-0.2, -0.15) is 0 Å². The van der Waals surface area contributed by atoms with Gasteiger partial charge in [-0.3, -0.25) is 10.1 Å². The molecule has 1 aromatic rings. The highest BCUT2D eigenvalue weighted by atomic mass is 32.2. The molecular formula is C14H22N2O4S. The third-order valence-corrected chi connectivity index (χ3v) is 4.93. The summed E-state index contributed by atoms with van der Waals surface area (Å²) in [5.74, 6) is 0.252. The maximum atomic E-state index is 12.2. The van der Waals surface area contributed by atoms with Gasteiger partial charge < -0.3 is 0 Å². The summed E-state index contributed by atoms with van der Waals surface area (Å²) in [7, 11) is -3.86. The number of sulfonamides is 1. The molecule has 0 aliphatic heterocycles. The molecule has 1 rings (SSSR count). The van der Waals surface area contributed by atoms with Crippen LogP contribution in [0.3, 0.4) is 0 Å². The molecule has 0 unspecified atom stereocenters. The Morgan fingerprint density at radius 1 is 1.29 bits per heavy atom. The van der Waals surface area contributed by atoms with Crippen LogP contribution in [0.1, 0.15) is 39.5 Å². The largest absolute Gasteiger partial charge is 0.289 e. The first kappa shape index (κ1) is 17.6. The van der Waals surface area contributed by atoms with E-state index < -0.39 is 20.6 Å². The van der Waals surface area contributed by atoms with Crippen LogP contribution in [0.4, 0.5) is 5.69 Å². The predicted molar refractivity (Wildman–Crippen MR) is 81.6 cm³/mol. The minimum Gasteiger partial charge on any atom is -0.258 e. The Morgan fingerprint density at radius 2 is 1.95 bits per heavy atom. The zero-order valence-electron chi connectivity index (χ0n) is 12.4. The number of para-hydroxylation sites is 1. The molecule has 0 saturated heterocycles. The first-order valence-electron chi connectivity index (χ1n) is 7.15. The molecule has 0 amide bonds. The molecule has 0 spiro atoms. The number of nitro benzene ring substituents is 1. The number of rotatable bonds is 9. The lowest BCUT2D eigenvalue weighted by Gasteiger charge is -2.15. The van der Waals surface area contributed by atoms with Gasteiger partial charge in [0.1, 0.15) is 0 Å². The molecule has 1 aromatic carbocycles. The van der Waals surface area contributed by atoms with Crippen molar-refractivity contribution in [2.24, 2.45) is 5.92 Å². The topological polar surface area (TPSA) is 89.3 Å². The summed E-state index contributed by atoms with van der Waals surface area (Å²) in [6.45, 7) is 4.41. The summed E-state index contributed by atoms with van der Waals surface area (Å²) in [6, 6.07) is 5.39. The Morgan fingerprint density at radius 3 is 2.52 bits per heavy atom. The first-order valence-corrected chi connectivity index (χ1v) is 8.63. The Balaban J connectivity index is 2.85. The molecule has 0 fully saturated rings. The second-order valence-corrected chi connectivity index (χ2v) is 6.73. The summed E-state index contributed by atoms with van der Waals surface area (Å²) in [4.78, 5) is 9.96. The van der Waals surface area contributed by atoms with Gasteiger partial charge in [-0.25, -0.2) is 13.1 Å². The number of nitro groups is 1. The van der Waals surface area contributed by atoms with Crippen molar-refractivity contribution in [3.05, 3.63) is 34.4 Å². The van der Waals surface area contributed by atoms with E-state index in [-0.39, 0.29) is 10.8 Å². The molecule has 0 aromatic heterocycles. The summed E-state index contributed by atoms with van der Waals surface area (Å²) in [5, 5.41) is 10.9. The third kappa shape index (κ3) is 5.09. The van der Waals surface area contributed by atoms with Crippen LogP contribution in [0.5, 0.6) is 0 Å². The molecule has 0 radical (unpaired) electrons. The molecular weight excluding hydrogens is 292 g/mol. The second-order valence-electron chi connectivity index (χ2n) is 4.99. The standard InChI is InChI=1S/C14H22N2O4S/c1-3-5-8-12(4-2)11-15-21(19,20)14-10-7-6-9-13(14)16(17)18/h6-7,9-10,12,15H,3-5,8,11H2,1-2H3/t12-/m0/s1. The lowest BCUT2D eigenvalue weighted by Crippen LogP contribution is -2.29. The zero-order valence-corrected chi connectivity index (χ0v) is 13.2. The summed E-state index contributed by atoms with van der Waals surface area (Å²) >= 11 is 0. The fraction of sp³-hybridized carbons (Fsp3) is 0.571. The second kappa shape index (κ2) is 8.09. The summed E-state index contributed by atoms with van der Waals surface area (Å²) < 4.78 is 27.0. The van der Waals surface area contributed by atoms with Crippen LogP contribution in [-0.2, 0) is 10.0 Å². The van der Waals surface area contributed by atoms with Gasteiger partial charge >= 0.3 is 0 Å². The quantitative estimate of drug-likeness (QED) is 0.560. The fourth-order valence-electron chi connectivity index (χ4n) is 2.08. The van der Waals surface area contributed by atoms with Crippen LogP contribution in [0.2, 0.25) is 0 Å². The average molecular weight is 314 g/mol. The average Bonchev–Trinajstić information content (AvgIpc) is 2.47. The normalized spacial score (nSPS) is 13.0. The van der Waals surface area contributed by atoms with Crippen LogP contribution < -0.4 is 4.72 Å². The van der Waals surface area contributed by atoms with Gasteiger partial charge in [0, 0.05) is 12.6 Å². The summed E-state index contributed by atoms with van der Waals surface area (Å²) in [6.07, 6.45) is 3.94. The highest BCUT2D eigenvalue weighted by molar-refractivity contribution is 7.89. The van der Waals surface area contributed by atoms with Gasteiger partial charge in [0.2, 0.25) is 10.0 Å². The van der Waals surface area contributed by atoms with E-state index in [0.717, 1.165) is 25.7 Å². The van der Waals surface area contributed by atoms with Gasteiger partial charge in [0.25, 0.3) is 5.69 Å². The van der Waals surface area contributed by atoms with E-state index in [1.54, 1.807) is 0 Å². The van der Waals surface area contributed by atoms with Crippen LogP contribution in [0.25, 0.3) is 0 Å². The Bertz CT molecular complexity index is 572. The SMILES string of the molecule is CCCC[C@H](CC)CNS(=O)(=O)c1ccccc1[N+](=O)[O-]. The van der Waals surface area contributed by atoms with Gasteiger partial charge in [0.05, 0.1) is 4.92 Å². The molecule has 0 saturated carbocycles.